The SMILES string of the molecule is Cn1nc(-c2ccccc2)c(CC(N)CO)c1Sc1ccc(C(C)(C)C)cc1. The highest BCUT2D eigenvalue weighted by Gasteiger charge is 2.21. The molecule has 5 heteroatoms. The van der Waals surface area contributed by atoms with E-state index in [2.05, 4.69) is 57.2 Å². The van der Waals surface area contributed by atoms with Crippen LogP contribution in [0.3, 0.4) is 0 Å². The first-order chi connectivity index (χ1) is 13.3. The first-order valence-corrected chi connectivity index (χ1v) is 10.4. The Morgan fingerprint density at radius 2 is 1.71 bits per heavy atom. The van der Waals surface area contributed by atoms with Gasteiger partial charge in [0.1, 0.15) is 5.03 Å². The Balaban J connectivity index is 1.99. The molecule has 0 aliphatic heterocycles. The Kier molecular flexibility index (Phi) is 6.28. The van der Waals surface area contributed by atoms with Crippen LogP contribution in [0, 0.1) is 0 Å². The molecule has 3 rings (SSSR count). The molecule has 0 aliphatic carbocycles. The second-order valence-corrected chi connectivity index (χ2v) is 9.21. The van der Waals surface area contributed by atoms with Crippen molar-refractivity contribution in [3.8, 4) is 11.3 Å². The van der Waals surface area contributed by atoms with Gasteiger partial charge in [0.2, 0.25) is 0 Å². The summed E-state index contributed by atoms with van der Waals surface area (Å²) in [6, 6.07) is 18.5. The molecule has 3 N–H and O–H groups in total. The Hall–Kier alpha value is -2.08. The molecule has 0 bridgehead atoms. The molecule has 0 saturated heterocycles. The van der Waals surface area contributed by atoms with Gasteiger partial charge < -0.3 is 10.8 Å². The number of hydrogen-bond acceptors (Lipinski definition) is 4. The normalized spacial score (nSPS) is 12.9. The third-order valence-electron chi connectivity index (χ3n) is 4.77. The van der Waals surface area contributed by atoms with Crippen molar-refractivity contribution >= 4 is 11.8 Å². The summed E-state index contributed by atoms with van der Waals surface area (Å²) in [7, 11) is 1.96. The van der Waals surface area contributed by atoms with Crippen LogP contribution in [0.4, 0.5) is 0 Å². The highest BCUT2D eigenvalue weighted by atomic mass is 32.2. The van der Waals surface area contributed by atoms with Crippen LogP contribution in [0.1, 0.15) is 31.9 Å². The number of aliphatic hydroxyl groups is 1. The van der Waals surface area contributed by atoms with Crippen LogP contribution in [0.2, 0.25) is 0 Å². The van der Waals surface area contributed by atoms with Crippen molar-refractivity contribution < 1.29 is 5.11 Å². The summed E-state index contributed by atoms with van der Waals surface area (Å²) in [6.45, 7) is 6.61. The van der Waals surface area contributed by atoms with E-state index in [1.54, 1.807) is 11.8 Å². The molecule has 4 nitrogen and oxygen atoms in total. The molecule has 28 heavy (non-hydrogen) atoms. The lowest BCUT2D eigenvalue weighted by Crippen LogP contribution is -2.27. The van der Waals surface area contributed by atoms with Gasteiger partial charge in [0, 0.05) is 29.1 Å². The number of nitrogens with two attached hydrogens (primary N) is 1. The zero-order valence-corrected chi connectivity index (χ0v) is 17.8. The van der Waals surface area contributed by atoms with Gasteiger partial charge in [0.25, 0.3) is 0 Å². The minimum absolute atomic E-state index is 0.0481. The van der Waals surface area contributed by atoms with E-state index in [0.717, 1.165) is 26.7 Å². The van der Waals surface area contributed by atoms with E-state index < -0.39 is 0 Å². The fraction of sp³-hybridized carbons (Fsp3) is 0.348. The first kappa shape index (κ1) is 20.6. The third kappa shape index (κ3) is 4.66. The lowest BCUT2D eigenvalue weighted by molar-refractivity contribution is 0.265. The number of hydrogen-bond donors (Lipinski definition) is 2. The fourth-order valence-electron chi connectivity index (χ4n) is 3.15. The van der Waals surface area contributed by atoms with Crippen molar-refractivity contribution in [3.63, 3.8) is 0 Å². The Morgan fingerprint density at radius 1 is 1.07 bits per heavy atom. The predicted octanol–water partition coefficient (Wildman–Crippen LogP) is 4.40. The number of aliphatic hydroxyl groups excluding tert-OH is 1. The summed E-state index contributed by atoms with van der Waals surface area (Å²) >= 11 is 1.69. The summed E-state index contributed by atoms with van der Waals surface area (Å²) < 4.78 is 1.92. The molecule has 1 heterocycles. The van der Waals surface area contributed by atoms with Gasteiger partial charge in [-0.15, -0.1) is 0 Å². The molecule has 0 amide bonds. The average Bonchev–Trinajstić information content (AvgIpc) is 2.98. The highest BCUT2D eigenvalue weighted by Crippen LogP contribution is 2.37. The topological polar surface area (TPSA) is 64.1 Å². The Labute approximate surface area is 171 Å². The van der Waals surface area contributed by atoms with Gasteiger partial charge in [-0.05, 0) is 29.5 Å². The van der Waals surface area contributed by atoms with E-state index in [1.807, 2.05) is 29.9 Å². The summed E-state index contributed by atoms with van der Waals surface area (Å²) in [6.07, 6.45) is 0.580. The van der Waals surface area contributed by atoms with E-state index in [1.165, 1.54) is 5.56 Å². The molecule has 1 unspecified atom stereocenters. The van der Waals surface area contributed by atoms with Gasteiger partial charge in [-0.1, -0.05) is 75.0 Å². The molecule has 0 aliphatic rings. The van der Waals surface area contributed by atoms with Crippen LogP contribution in [-0.2, 0) is 18.9 Å². The van der Waals surface area contributed by atoms with Crippen molar-refractivity contribution in [3.05, 3.63) is 65.7 Å². The van der Waals surface area contributed by atoms with Crippen LogP contribution in [0.25, 0.3) is 11.3 Å². The van der Waals surface area contributed by atoms with Gasteiger partial charge in [-0.2, -0.15) is 5.10 Å². The molecule has 0 spiro atoms. The van der Waals surface area contributed by atoms with Crippen LogP contribution < -0.4 is 5.73 Å². The fourth-order valence-corrected chi connectivity index (χ4v) is 4.12. The van der Waals surface area contributed by atoms with Crippen LogP contribution in [-0.4, -0.2) is 27.5 Å². The summed E-state index contributed by atoms with van der Waals surface area (Å²) in [5.41, 5.74) is 10.6. The summed E-state index contributed by atoms with van der Waals surface area (Å²) in [5, 5.41) is 15.3. The molecular weight excluding hydrogens is 366 g/mol. The van der Waals surface area contributed by atoms with E-state index in [0.29, 0.717) is 6.42 Å². The van der Waals surface area contributed by atoms with E-state index in [-0.39, 0.29) is 18.1 Å². The van der Waals surface area contributed by atoms with Gasteiger partial charge >= 0.3 is 0 Å². The van der Waals surface area contributed by atoms with Gasteiger partial charge in [0.05, 0.1) is 12.3 Å². The van der Waals surface area contributed by atoms with Crippen LogP contribution >= 0.6 is 11.8 Å². The average molecular weight is 396 g/mol. The maximum atomic E-state index is 9.49. The summed E-state index contributed by atoms with van der Waals surface area (Å²) in [4.78, 5) is 1.16. The molecular formula is C23H29N3OS. The number of rotatable bonds is 6. The first-order valence-electron chi connectivity index (χ1n) is 9.55. The van der Waals surface area contributed by atoms with Crippen LogP contribution in [0.5, 0.6) is 0 Å². The van der Waals surface area contributed by atoms with Crippen molar-refractivity contribution in [1.29, 1.82) is 0 Å². The lowest BCUT2D eigenvalue weighted by Gasteiger charge is -2.19. The Morgan fingerprint density at radius 3 is 2.29 bits per heavy atom. The van der Waals surface area contributed by atoms with Crippen molar-refractivity contribution in [2.45, 2.75) is 48.6 Å². The van der Waals surface area contributed by atoms with Gasteiger partial charge in [-0.3, -0.25) is 4.68 Å². The zero-order valence-electron chi connectivity index (χ0n) is 17.0. The number of aryl methyl sites for hydroxylation is 1. The maximum Gasteiger partial charge on any atom is 0.102 e. The third-order valence-corrected chi connectivity index (χ3v) is 5.98. The van der Waals surface area contributed by atoms with Gasteiger partial charge in [-0.25, -0.2) is 0 Å². The van der Waals surface area contributed by atoms with E-state index in [4.69, 9.17) is 10.8 Å². The molecule has 2 aromatic carbocycles. The molecule has 148 valence electrons. The standard InChI is InChI=1S/C23H29N3OS/c1-23(2,3)17-10-12-19(13-11-17)28-22-20(14-18(24)15-27)21(25-26(22)4)16-8-6-5-7-9-16/h5-13,18,27H,14-15,24H2,1-4H3. The minimum Gasteiger partial charge on any atom is -0.395 e. The predicted molar refractivity (Wildman–Crippen MR) is 117 cm³/mol. The zero-order chi connectivity index (χ0) is 20.3. The smallest absolute Gasteiger partial charge is 0.102 e. The lowest BCUT2D eigenvalue weighted by atomic mass is 9.87. The maximum absolute atomic E-state index is 9.49. The second kappa shape index (κ2) is 8.52. The number of aromatic nitrogens is 2. The van der Waals surface area contributed by atoms with Gasteiger partial charge in [0.15, 0.2) is 0 Å². The monoisotopic (exact) mass is 395 g/mol. The molecule has 1 aromatic heterocycles. The summed E-state index contributed by atoms with van der Waals surface area (Å²) in [5.74, 6) is 0. The number of nitrogens with zero attached hydrogens (tertiary/aromatic N) is 2. The molecule has 0 saturated carbocycles. The highest BCUT2D eigenvalue weighted by molar-refractivity contribution is 7.99. The number of benzene rings is 2. The van der Waals surface area contributed by atoms with Crippen molar-refractivity contribution in [2.75, 3.05) is 6.61 Å². The quantitative estimate of drug-likeness (QED) is 0.649. The molecule has 1 atom stereocenters. The largest absolute Gasteiger partial charge is 0.395 e. The van der Waals surface area contributed by atoms with E-state index in [9.17, 15) is 5.11 Å². The Bertz CT molecular complexity index is 912. The second-order valence-electron chi connectivity index (χ2n) is 8.15. The van der Waals surface area contributed by atoms with Crippen molar-refractivity contribution in [2.24, 2.45) is 12.8 Å². The molecule has 0 fully saturated rings. The molecule has 3 aromatic rings. The van der Waals surface area contributed by atoms with Crippen LogP contribution in [0.15, 0.2) is 64.5 Å². The minimum atomic E-state index is -0.311. The van der Waals surface area contributed by atoms with Crippen molar-refractivity contribution in [1.82, 2.24) is 9.78 Å². The van der Waals surface area contributed by atoms with E-state index >= 15 is 0 Å². The molecule has 0 radical (unpaired) electrons.